The van der Waals surface area contributed by atoms with Gasteiger partial charge in [-0.15, -0.1) is 0 Å². The van der Waals surface area contributed by atoms with Crippen molar-refractivity contribution in [3.63, 3.8) is 0 Å². The molecular weight excluding hydrogens is 366 g/mol. The molecule has 7 nitrogen and oxygen atoms in total. The third-order valence-electron chi connectivity index (χ3n) is 4.01. The van der Waals surface area contributed by atoms with Crippen LogP contribution >= 0.6 is 12.2 Å². The number of rotatable bonds is 3. The summed E-state index contributed by atoms with van der Waals surface area (Å²) in [6, 6.07) is 9.31. The molecule has 0 aromatic heterocycles. The number of amides is 1. The Balaban J connectivity index is 2.16. The molecule has 0 saturated carbocycles. The van der Waals surface area contributed by atoms with Gasteiger partial charge < -0.3 is 10.4 Å². The molecule has 142 valence electrons. The molecule has 2 aromatic carbocycles. The van der Waals surface area contributed by atoms with Gasteiger partial charge in [-0.3, -0.25) is 20.2 Å². The van der Waals surface area contributed by atoms with Crippen LogP contribution in [0.5, 0.6) is 5.75 Å². The number of nitrogens with zero attached hydrogens (tertiary/aromatic N) is 1. The van der Waals surface area contributed by atoms with Crippen LogP contribution in [0.3, 0.4) is 0 Å². The maximum Gasteiger partial charge on any atom is 0.273 e. The first kappa shape index (κ1) is 20.3. The van der Waals surface area contributed by atoms with Crippen molar-refractivity contribution in [2.24, 2.45) is 0 Å². The van der Waals surface area contributed by atoms with E-state index >= 15 is 0 Å². The molecule has 1 amide bonds. The van der Waals surface area contributed by atoms with Crippen LogP contribution in [0.2, 0.25) is 0 Å². The summed E-state index contributed by atoms with van der Waals surface area (Å²) in [5, 5.41) is 26.3. The fraction of sp³-hybridized carbons (Fsp3) is 0.263. The standard InChI is InChI=1S/C19H21N3O4S/c1-11-5-6-12(9-15(11)22(25)26)17(24)21-18(27)20-14-10-13(19(2,3)4)7-8-16(14)23/h5-10,23H,1-4H3,(H2,20,21,24,27). The largest absolute Gasteiger partial charge is 0.506 e. The lowest BCUT2D eigenvalue weighted by Crippen LogP contribution is -2.34. The van der Waals surface area contributed by atoms with Gasteiger partial charge in [0.25, 0.3) is 11.6 Å². The molecule has 0 heterocycles. The van der Waals surface area contributed by atoms with Gasteiger partial charge in [-0.1, -0.05) is 32.9 Å². The van der Waals surface area contributed by atoms with E-state index < -0.39 is 10.8 Å². The number of benzene rings is 2. The van der Waals surface area contributed by atoms with E-state index in [1.807, 2.05) is 26.8 Å². The quantitative estimate of drug-likeness (QED) is 0.318. The molecule has 0 unspecified atom stereocenters. The minimum Gasteiger partial charge on any atom is -0.506 e. The van der Waals surface area contributed by atoms with Gasteiger partial charge in [0.15, 0.2) is 5.11 Å². The van der Waals surface area contributed by atoms with E-state index in [-0.39, 0.29) is 27.5 Å². The Hall–Kier alpha value is -3.00. The van der Waals surface area contributed by atoms with Gasteiger partial charge in [0.05, 0.1) is 10.6 Å². The number of aromatic hydroxyl groups is 1. The van der Waals surface area contributed by atoms with Crippen LogP contribution in [0.4, 0.5) is 11.4 Å². The summed E-state index contributed by atoms with van der Waals surface area (Å²) in [6.07, 6.45) is 0. The number of phenols is 1. The average Bonchev–Trinajstić information content (AvgIpc) is 2.55. The fourth-order valence-corrected chi connectivity index (χ4v) is 2.58. The van der Waals surface area contributed by atoms with Crippen LogP contribution in [-0.4, -0.2) is 21.0 Å². The first-order valence-corrected chi connectivity index (χ1v) is 8.60. The normalized spacial score (nSPS) is 11.0. The highest BCUT2D eigenvalue weighted by Crippen LogP contribution is 2.30. The topological polar surface area (TPSA) is 104 Å². The van der Waals surface area contributed by atoms with E-state index in [2.05, 4.69) is 10.6 Å². The number of hydrogen-bond acceptors (Lipinski definition) is 5. The molecule has 0 atom stereocenters. The second-order valence-corrected chi connectivity index (χ2v) is 7.56. The molecule has 8 heteroatoms. The number of phenolic OH excluding ortho intramolecular Hbond substituents is 1. The highest BCUT2D eigenvalue weighted by Gasteiger charge is 2.18. The summed E-state index contributed by atoms with van der Waals surface area (Å²) in [5.74, 6) is -0.590. The average molecular weight is 387 g/mol. The lowest BCUT2D eigenvalue weighted by molar-refractivity contribution is -0.385. The summed E-state index contributed by atoms with van der Waals surface area (Å²) in [6.45, 7) is 7.70. The SMILES string of the molecule is Cc1ccc(C(=O)NC(=S)Nc2cc(C(C)(C)C)ccc2O)cc1[N+](=O)[O-]. The van der Waals surface area contributed by atoms with Crippen LogP contribution in [-0.2, 0) is 5.41 Å². The summed E-state index contributed by atoms with van der Waals surface area (Å²) >= 11 is 5.13. The molecule has 0 bridgehead atoms. The number of carbonyl (C=O) groups is 1. The Bertz CT molecular complexity index is 920. The third-order valence-corrected chi connectivity index (χ3v) is 4.21. The van der Waals surface area contributed by atoms with Crippen molar-refractivity contribution in [1.29, 1.82) is 0 Å². The zero-order chi connectivity index (χ0) is 20.4. The van der Waals surface area contributed by atoms with Gasteiger partial charge in [0, 0.05) is 17.2 Å². The Kier molecular flexibility index (Phi) is 5.80. The number of thiocarbonyl (C=S) groups is 1. The molecule has 0 fully saturated rings. The predicted molar refractivity (Wildman–Crippen MR) is 108 cm³/mol. The van der Waals surface area contributed by atoms with Crippen LogP contribution in [0.25, 0.3) is 0 Å². The van der Waals surface area contributed by atoms with Crippen LogP contribution in [0.1, 0.15) is 42.3 Å². The Morgan fingerprint density at radius 2 is 1.85 bits per heavy atom. The second kappa shape index (κ2) is 7.71. The lowest BCUT2D eigenvalue weighted by atomic mass is 9.87. The van der Waals surface area contributed by atoms with Crippen molar-refractivity contribution in [1.82, 2.24) is 5.32 Å². The van der Waals surface area contributed by atoms with E-state index in [1.54, 1.807) is 19.1 Å². The lowest BCUT2D eigenvalue weighted by Gasteiger charge is -2.21. The molecule has 2 rings (SSSR count). The fourth-order valence-electron chi connectivity index (χ4n) is 2.38. The van der Waals surface area contributed by atoms with Crippen LogP contribution < -0.4 is 10.6 Å². The number of anilines is 1. The van der Waals surface area contributed by atoms with E-state index in [4.69, 9.17) is 12.2 Å². The van der Waals surface area contributed by atoms with Gasteiger partial charge in [-0.2, -0.15) is 0 Å². The molecule has 0 radical (unpaired) electrons. The molecule has 0 aliphatic heterocycles. The Morgan fingerprint density at radius 1 is 1.19 bits per heavy atom. The monoisotopic (exact) mass is 387 g/mol. The minimum absolute atomic E-state index is 0.00873. The van der Waals surface area contributed by atoms with Gasteiger partial charge in [0.1, 0.15) is 5.75 Å². The van der Waals surface area contributed by atoms with Crippen LogP contribution in [0.15, 0.2) is 36.4 Å². The number of nitrogens with one attached hydrogen (secondary N) is 2. The second-order valence-electron chi connectivity index (χ2n) is 7.15. The first-order valence-electron chi connectivity index (χ1n) is 8.20. The predicted octanol–water partition coefficient (Wildman–Crippen LogP) is 4.03. The maximum atomic E-state index is 12.3. The van der Waals surface area contributed by atoms with E-state index in [9.17, 15) is 20.0 Å². The van der Waals surface area contributed by atoms with Crippen molar-refractivity contribution in [3.8, 4) is 5.75 Å². The van der Waals surface area contributed by atoms with Crippen molar-refractivity contribution < 1.29 is 14.8 Å². The van der Waals surface area contributed by atoms with Gasteiger partial charge in [-0.25, -0.2) is 0 Å². The summed E-state index contributed by atoms with van der Waals surface area (Å²) in [4.78, 5) is 22.8. The number of nitro benzene ring substituents is 1. The molecule has 3 N–H and O–H groups in total. The van der Waals surface area contributed by atoms with Crippen molar-refractivity contribution in [2.45, 2.75) is 33.1 Å². The van der Waals surface area contributed by atoms with Crippen LogP contribution in [0, 0.1) is 17.0 Å². The Labute approximate surface area is 162 Å². The van der Waals surface area contributed by atoms with E-state index in [0.29, 0.717) is 11.3 Å². The smallest absolute Gasteiger partial charge is 0.273 e. The zero-order valence-electron chi connectivity index (χ0n) is 15.5. The van der Waals surface area contributed by atoms with E-state index in [1.165, 1.54) is 18.2 Å². The number of nitro groups is 1. The molecule has 0 aliphatic carbocycles. The van der Waals surface area contributed by atoms with Crippen molar-refractivity contribution >= 4 is 34.6 Å². The molecule has 27 heavy (non-hydrogen) atoms. The zero-order valence-corrected chi connectivity index (χ0v) is 16.3. The molecular formula is C19H21N3O4S. The number of aryl methyl sites for hydroxylation is 1. The van der Waals surface area contributed by atoms with Gasteiger partial charge in [-0.05, 0) is 48.3 Å². The van der Waals surface area contributed by atoms with Gasteiger partial charge >= 0.3 is 0 Å². The molecule has 2 aromatic rings. The minimum atomic E-state index is -0.581. The van der Waals surface area contributed by atoms with Crippen molar-refractivity contribution in [3.05, 3.63) is 63.2 Å². The first-order chi connectivity index (χ1) is 12.5. The van der Waals surface area contributed by atoms with E-state index in [0.717, 1.165) is 5.56 Å². The summed E-state index contributed by atoms with van der Waals surface area (Å²) in [5.41, 5.74) is 1.64. The summed E-state index contributed by atoms with van der Waals surface area (Å²) < 4.78 is 0. The van der Waals surface area contributed by atoms with Gasteiger partial charge in [0.2, 0.25) is 0 Å². The number of carbonyl (C=O) groups excluding carboxylic acids is 1. The number of hydrogen-bond donors (Lipinski definition) is 3. The summed E-state index contributed by atoms with van der Waals surface area (Å²) in [7, 11) is 0. The third kappa shape index (κ3) is 5.01. The highest BCUT2D eigenvalue weighted by molar-refractivity contribution is 7.80. The Morgan fingerprint density at radius 3 is 2.44 bits per heavy atom. The van der Waals surface area contributed by atoms with Crippen molar-refractivity contribution in [2.75, 3.05) is 5.32 Å². The highest BCUT2D eigenvalue weighted by atomic mass is 32.1. The maximum absolute atomic E-state index is 12.3. The molecule has 0 aliphatic rings. The molecule has 0 spiro atoms. The molecule has 0 saturated heterocycles.